The Morgan fingerprint density at radius 3 is 2.65 bits per heavy atom. The Labute approximate surface area is 113 Å². The van der Waals surface area contributed by atoms with Crippen LogP contribution in [0.5, 0.6) is 0 Å². The van der Waals surface area contributed by atoms with Gasteiger partial charge in [0.15, 0.2) is 6.79 Å². The summed E-state index contributed by atoms with van der Waals surface area (Å²) in [6.07, 6.45) is 0. The number of ketones is 1. The lowest BCUT2D eigenvalue weighted by Crippen LogP contribution is -2.21. The minimum absolute atomic E-state index is 0.131. The maximum atomic E-state index is 11.7. The molecule has 0 aromatic carbocycles. The first-order valence-corrected chi connectivity index (χ1v) is 5.51. The quantitative estimate of drug-likeness (QED) is 0.310. The lowest BCUT2D eigenvalue weighted by atomic mass is 10.3. The van der Waals surface area contributed by atoms with Crippen LogP contribution in [0.4, 0.5) is 5.95 Å². The Kier molecular flexibility index (Phi) is 5.54. The van der Waals surface area contributed by atoms with Crippen LogP contribution in [-0.2, 0) is 19.1 Å². The average Bonchev–Trinajstić information content (AvgIpc) is 2.32. The predicted octanol–water partition coefficient (Wildman–Crippen LogP) is -0.552. The van der Waals surface area contributed by atoms with Gasteiger partial charge in [0.05, 0.1) is 0 Å². The van der Waals surface area contributed by atoms with Crippen LogP contribution < -0.4 is 10.9 Å². The summed E-state index contributed by atoms with van der Waals surface area (Å²) in [7, 11) is 0. The van der Waals surface area contributed by atoms with E-state index >= 15 is 0 Å². The van der Waals surface area contributed by atoms with Gasteiger partial charge in [-0.05, 0) is 0 Å². The number of aromatic amines is 1. The molecule has 0 aliphatic rings. The normalized spacial score (nSPS) is 9.90. The highest BCUT2D eigenvalue weighted by molar-refractivity contribution is 5.96. The first-order chi connectivity index (χ1) is 9.38. The van der Waals surface area contributed by atoms with Crippen LogP contribution in [0, 0.1) is 0 Å². The molecule has 1 aromatic rings. The third-order valence-corrected chi connectivity index (χ3v) is 1.90. The molecule has 0 unspecified atom stereocenters. The van der Waals surface area contributed by atoms with Crippen LogP contribution in [-0.4, -0.2) is 41.0 Å². The number of hydrogen-bond acceptors (Lipinski definition) is 7. The van der Waals surface area contributed by atoms with Gasteiger partial charge in [0, 0.05) is 19.9 Å². The van der Waals surface area contributed by atoms with Crippen molar-refractivity contribution in [1.29, 1.82) is 0 Å². The van der Waals surface area contributed by atoms with E-state index in [1.165, 1.54) is 13.8 Å². The first-order valence-electron chi connectivity index (χ1n) is 5.51. The third kappa shape index (κ3) is 5.40. The molecule has 9 heteroatoms. The van der Waals surface area contributed by atoms with Gasteiger partial charge in [-0.25, -0.2) is 4.98 Å². The highest BCUT2D eigenvalue weighted by Crippen LogP contribution is 1.99. The maximum Gasteiger partial charge on any atom is 0.304 e. The van der Waals surface area contributed by atoms with Gasteiger partial charge in [0.2, 0.25) is 17.6 Å². The van der Waals surface area contributed by atoms with Gasteiger partial charge in [0.25, 0.3) is 5.56 Å². The monoisotopic (exact) mass is 283 g/mol. The van der Waals surface area contributed by atoms with E-state index in [1.54, 1.807) is 0 Å². The average molecular weight is 283 g/mol. The molecule has 108 valence electrons. The highest BCUT2D eigenvalue weighted by atomic mass is 16.7. The lowest BCUT2D eigenvalue weighted by Gasteiger charge is -2.05. The van der Waals surface area contributed by atoms with E-state index in [0.29, 0.717) is 0 Å². The van der Waals surface area contributed by atoms with Crippen molar-refractivity contribution in [1.82, 2.24) is 9.97 Å². The first kappa shape index (κ1) is 15.5. The molecule has 9 nitrogen and oxygen atoms in total. The van der Waals surface area contributed by atoms with Crippen molar-refractivity contribution < 1.29 is 23.9 Å². The number of nitrogens with one attached hydrogen (secondary N) is 2. The summed E-state index contributed by atoms with van der Waals surface area (Å²) in [6.45, 7) is 1.64. The van der Waals surface area contributed by atoms with Crippen LogP contribution in [0.1, 0.15) is 24.3 Å². The van der Waals surface area contributed by atoms with E-state index in [2.05, 4.69) is 20.0 Å². The van der Waals surface area contributed by atoms with E-state index in [-0.39, 0.29) is 18.4 Å². The van der Waals surface area contributed by atoms with Crippen molar-refractivity contribution in [3.8, 4) is 0 Å². The molecule has 2 N–H and O–H groups in total. The van der Waals surface area contributed by atoms with Crippen molar-refractivity contribution in [3.05, 3.63) is 22.1 Å². The zero-order valence-electron chi connectivity index (χ0n) is 10.9. The molecular weight excluding hydrogens is 270 g/mol. The Balaban J connectivity index is 2.67. The Hall–Kier alpha value is -2.55. The van der Waals surface area contributed by atoms with Gasteiger partial charge >= 0.3 is 5.97 Å². The molecule has 1 aromatic heterocycles. The SMILES string of the molecule is CC(=O)Nc1nc(C(=O)COCOC(C)=O)cc(=O)[nH]1. The molecule has 1 heterocycles. The van der Waals surface area contributed by atoms with Crippen LogP contribution in [0.15, 0.2) is 10.9 Å². The summed E-state index contributed by atoms with van der Waals surface area (Å²) >= 11 is 0. The fourth-order valence-electron chi connectivity index (χ4n) is 1.16. The number of carbonyl (C=O) groups is 3. The summed E-state index contributed by atoms with van der Waals surface area (Å²) in [5.74, 6) is -1.70. The number of nitrogens with zero attached hydrogens (tertiary/aromatic N) is 1. The molecule has 0 saturated carbocycles. The second kappa shape index (κ2) is 7.14. The minimum Gasteiger partial charge on any atom is -0.439 e. The molecule has 1 amide bonds. The molecule has 0 saturated heterocycles. The third-order valence-electron chi connectivity index (χ3n) is 1.90. The van der Waals surface area contributed by atoms with Crippen LogP contribution >= 0.6 is 0 Å². The molecular formula is C11H13N3O6. The molecule has 0 radical (unpaired) electrons. The van der Waals surface area contributed by atoms with Crippen LogP contribution in [0.3, 0.4) is 0 Å². The lowest BCUT2D eigenvalue weighted by molar-refractivity contribution is -0.152. The van der Waals surface area contributed by atoms with Crippen LogP contribution in [0.2, 0.25) is 0 Å². The molecule has 0 fully saturated rings. The topological polar surface area (TPSA) is 127 Å². The number of anilines is 1. The van der Waals surface area contributed by atoms with Gasteiger partial charge in [-0.15, -0.1) is 0 Å². The second-order valence-electron chi connectivity index (χ2n) is 3.69. The van der Waals surface area contributed by atoms with Crippen molar-refractivity contribution in [3.63, 3.8) is 0 Å². The minimum atomic E-state index is -0.591. The fourth-order valence-corrected chi connectivity index (χ4v) is 1.16. The largest absolute Gasteiger partial charge is 0.439 e. The van der Waals surface area contributed by atoms with E-state index in [9.17, 15) is 19.2 Å². The van der Waals surface area contributed by atoms with Gasteiger partial charge in [-0.1, -0.05) is 0 Å². The fraction of sp³-hybridized carbons (Fsp3) is 0.364. The number of carbonyl (C=O) groups excluding carboxylic acids is 3. The van der Waals surface area contributed by atoms with Crippen LogP contribution in [0.25, 0.3) is 0 Å². The van der Waals surface area contributed by atoms with E-state index in [1.807, 2.05) is 0 Å². The van der Waals surface area contributed by atoms with Gasteiger partial charge in [-0.3, -0.25) is 29.5 Å². The summed E-state index contributed by atoms with van der Waals surface area (Å²) in [4.78, 5) is 50.3. The van der Waals surface area contributed by atoms with Gasteiger partial charge in [0.1, 0.15) is 12.3 Å². The molecule has 1 rings (SSSR count). The summed E-state index contributed by atoms with van der Waals surface area (Å²) < 4.78 is 9.26. The summed E-state index contributed by atoms with van der Waals surface area (Å²) in [5.41, 5.74) is -0.757. The van der Waals surface area contributed by atoms with Crippen molar-refractivity contribution >= 4 is 23.6 Å². The number of aromatic nitrogens is 2. The molecule has 20 heavy (non-hydrogen) atoms. The molecule has 0 atom stereocenters. The summed E-state index contributed by atoms with van der Waals surface area (Å²) in [5, 5.41) is 2.26. The Morgan fingerprint density at radius 1 is 1.35 bits per heavy atom. The highest BCUT2D eigenvalue weighted by Gasteiger charge is 2.11. The molecule has 0 spiro atoms. The molecule has 0 aliphatic carbocycles. The second-order valence-corrected chi connectivity index (χ2v) is 3.69. The predicted molar refractivity (Wildman–Crippen MR) is 66.1 cm³/mol. The number of esters is 1. The van der Waals surface area contributed by atoms with E-state index in [0.717, 1.165) is 6.07 Å². The number of hydrogen-bond donors (Lipinski definition) is 2. The molecule has 0 bridgehead atoms. The number of rotatable bonds is 6. The Bertz CT molecular complexity index is 580. The molecule has 0 aliphatic heterocycles. The summed E-state index contributed by atoms with van der Waals surface area (Å²) in [6, 6.07) is 0.975. The van der Waals surface area contributed by atoms with Crippen molar-refractivity contribution in [2.45, 2.75) is 13.8 Å². The standard InChI is InChI=1S/C11H13N3O6/c1-6(15)12-11-13-8(3-10(18)14-11)9(17)4-19-5-20-7(2)16/h3H,4-5H2,1-2H3,(H2,12,13,14,15,18). The Morgan fingerprint density at radius 2 is 2.05 bits per heavy atom. The smallest absolute Gasteiger partial charge is 0.304 e. The van der Waals surface area contributed by atoms with Gasteiger partial charge < -0.3 is 9.47 Å². The van der Waals surface area contributed by atoms with E-state index in [4.69, 9.17) is 4.74 Å². The number of H-pyrrole nitrogens is 1. The van der Waals surface area contributed by atoms with Crippen molar-refractivity contribution in [2.24, 2.45) is 0 Å². The number of Topliss-reactive ketones (excluding diaryl/α,β-unsaturated/α-hetero) is 1. The zero-order chi connectivity index (χ0) is 15.1. The van der Waals surface area contributed by atoms with E-state index < -0.39 is 29.8 Å². The number of ether oxygens (including phenoxy) is 2. The maximum absolute atomic E-state index is 11.7. The zero-order valence-corrected chi connectivity index (χ0v) is 10.9. The van der Waals surface area contributed by atoms with Crippen molar-refractivity contribution in [2.75, 3.05) is 18.7 Å². The number of amides is 1. The van der Waals surface area contributed by atoms with Gasteiger partial charge in [-0.2, -0.15) is 0 Å².